The number of carbonyl (C=O) groups excluding carboxylic acids is 1. The summed E-state index contributed by atoms with van der Waals surface area (Å²) in [5.41, 5.74) is 3.76. The van der Waals surface area contributed by atoms with Gasteiger partial charge < -0.3 is 15.0 Å². The molecule has 0 spiro atoms. The van der Waals surface area contributed by atoms with E-state index in [1.54, 1.807) is 17.0 Å². The van der Waals surface area contributed by atoms with Gasteiger partial charge in [-0.05, 0) is 60.7 Å². The molecule has 0 bridgehead atoms. The van der Waals surface area contributed by atoms with Gasteiger partial charge in [0, 0.05) is 35.6 Å². The van der Waals surface area contributed by atoms with E-state index < -0.39 is 5.97 Å². The third kappa shape index (κ3) is 4.01. The van der Waals surface area contributed by atoms with E-state index in [9.17, 15) is 14.0 Å². The van der Waals surface area contributed by atoms with Crippen LogP contribution in [0.15, 0.2) is 48.5 Å². The lowest BCUT2D eigenvalue weighted by Gasteiger charge is -2.23. The number of aromatic amines is 1. The van der Waals surface area contributed by atoms with Gasteiger partial charge in [-0.3, -0.25) is 9.59 Å². The van der Waals surface area contributed by atoms with Crippen molar-refractivity contribution in [2.75, 3.05) is 6.54 Å². The molecule has 2 aromatic carbocycles. The fraction of sp³-hybridized carbons (Fsp3) is 0.304. The van der Waals surface area contributed by atoms with Crippen LogP contribution in [0.1, 0.15) is 31.2 Å². The van der Waals surface area contributed by atoms with Crippen molar-refractivity contribution in [2.24, 2.45) is 0 Å². The number of para-hydroxylation sites is 1. The Labute approximate surface area is 168 Å². The minimum Gasteiger partial charge on any atom is -0.481 e. The first-order valence-electron chi connectivity index (χ1n) is 9.89. The molecule has 2 heterocycles. The number of H-pyrrole nitrogens is 1. The molecule has 1 amide bonds. The third-order valence-corrected chi connectivity index (χ3v) is 5.64. The summed E-state index contributed by atoms with van der Waals surface area (Å²) in [5.74, 6) is -1.17. The van der Waals surface area contributed by atoms with Crippen LogP contribution >= 0.6 is 0 Å². The van der Waals surface area contributed by atoms with E-state index in [0.29, 0.717) is 19.4 Å². The lowest BCUT2D eigenvalue weighted by Crippen LogP contribution is -2.36. The number of aryl methyl sites for hydroxylation is 1. The first-order valence-corrected chi connectivity index (χ1v) is 9.89. The van der Waals surface area contributed by atoms with Crippen LogP contribution in [0.25, 0.3) is 22.2 Å². The van der Waals surface area contributed by atoms with Crippen LogP contribution in [0.4, 0.5) is 4.39 Å². The molecule has 1 unspecified atom stereocenters. The molecule has 29 heavy (non-hydrogen) atoms. The van der Waals surface area contributed by atoms with Crippen molar-refractivity contribution in [1.82, 2.24) is 9.88 Å². The highest BCUT2D eigenvalue weighted by atomic mass is 19.1. The van der Waals surface area contributed by atoms with E-state index in [1.165, 1.54) is 12.1 Å². The highest BCUT2D eigenvalue weighted by Gasteiger charge is 2.30. The fourth-order valence-electron chi connectivity index (χ4n) is 4.28. The number of rotatable bonds is 6. The number of benzene rings is 2. The van der Waals surface area contributed by atoms with Crippen LogP contribution < -0.4 is 0 Å². The van der Waals surface area contributed by atoms with Gasteiger partial charge in [0.2, 0.25) is 5.91 Å². The highest BCUT2D eigenvalue weighted by molar-refractivity contribution is 5.91. The van der Waals surface area contributed by atoms with Crippen molar-refractivity contribution in [3.63, 3.8) is 0 Å². The number of carboxylic acid groups (broad SMARTS) is 1. The van der Waals surface area contributed by atoms with E-state index in [2.05, 4.69) is 4.98 Å². The van der Waals surface area contributed by atoms with Crippen LogP contribution in [-0.4, -0.2) is 39.5 Å². The summed E-state index contributed by atoms with van der Waals surface area (Å²) in [4.78, 5) is 29.0. The van der Waals surface area contributed by atoms with Crippen LogP contribution in [-0.2, 0) is 16.0 Å². The van der Waals surface area contributed by atoms with E-state index in [0.717, 1.165) is 40.6 Å². The molecule has 2 N–H and O–H groups in total. The van der Waals surface area contributed by atoms with Gasteiger partial charge in [0.05, 0.1) is 6.42 Å². The molecule has 0 saturated carbocycles. The van der Waals surface area contributed by atoms with Crippen molar-refractivity contribution in [3.05, 3.63) is 59.9 Å². The van der Waals surface area contributed by atoms with Gasteiger partial charge in [0.1, 0.15) is 5.82 Å². The Morgan fingerprint density at radius 2 is 1.90 bits per heavy atom. The summed E-state index contributed by atoms with van der Waals surface area (Å²) in [5, 5.41) is 10.1. The standard InChI is InChI=1S/C23H23FN2O3/c24-16-9-7-15(8-10-16)23-19(18-5-1-2-6-20(18)25-23)11-12-21(27)26-13-3-4-17(26)14-22(28)29/h1-2,5-10,17,25H,3-4,11-14H2,(H,28,29). The number of aliphatic carboxylic acids is 1. The first-order chi connectivity index (χ1) is 14.0. The minimum absolute atomic E-state index is 0.000342. The summed E-state index contributed by atoms with van der Waals surface area (Å²) in [7, 11) is 0. The quantitative estimate of drug-likeness (QED) is 0.652. The van der Waals surface area contributed by atoms with E-state index in [4.69, 9.17) is 5.11 Å². The zero-order valence-corrected chi connectivity index (χ0v) is 16.0. The summed E-state index contributed by atoms with van der Waals surface area (Å²) in [6.45, 7) is 0.621. The number of carbonyl (C=O) groups is 2. The van der Waals surface area contributed by atoms with Gasteiger partial charge in [-0.15, -0.1) is 0 Å². The number of fused-ring (bicyclic) bond motifs is 1. The molecule has 1 aromatic heterocycles. The first kappa shape index (κ1) is 19.2. The lowest BCUT2D eigenvalue weighted by molar-refractivity contribution is -0.139. The Morgan fingerprint density at radius 3 is 2.66 bits per heavy atom. The molecular weight excluding hydrogens is 371 g/mol. The predicted molar refractivity (Wildman–Crippen MR) is 109 cm³/mol. The average Bonchev–Trinajstić information content (AvgIpc) is 3.31. The molecule has 5 nitrogen and oxygen atoms in total. The van der Waals surface area contributed by atoms with E-state index in [-0.39, 0.29) is 24.2 Å². The number of amides is 1. The van der Waals surface area contributed by atoms with Crippen LogP contribution in [0.2, 0.25) is 0 Å². The summed E-state index contributed by atoms with van der Waals surface area (Å²) >= 11 is 0. The normalized spacial score (nSPS) is 16.4. The van der Waals surface area contributed by atoms with Crippen LogP contribution in [0.3, 0.4) is 0 Å². The monoisotopic (exact) mass is 394 g/mol. The minimum atomic E-state index is -0.870. The summed E-state index contributed by atoms with van der Waals surface area (Å²) < 4.78 is 13.4. The molecule has 1 fully saturated rings. The van der Waals surface area contributed by atoms with Gasteiger partial charge in [-0.1, -0.05) is 18.2 Å². The fourth-order valence-corrected chi connectivity index (χ4v) is 4.28. The van der Waals surface area contributed by atoms with Crippen LogP contribution in [0.5, 0.6) is 0 Å². The Morgan fingerprint density at radius 1 is 1.14 bits per heavy atom. The molecule has 4 rings (SSSR count). The Bertz CT molecular complexity index is 1040. The Kier molecular flexibility index (Phi) is 5.34. The second-order valence-corrected chi connectivity index (χ2v) is 7.51. The maximum Gasteiger partial charge on any atom is 0.305 e. The van der Waals surface area contributed by atoms with Crippen LogP contribution in [0, 0.1) is 5.82 Å². The van der Waals surface area contributed by atoms with Crippen molar-refractivity contribution < 1.29 is 19.1 Å². The number of likely N-dealkylation sites (tertiary alicyclic amines) is 1. The second-order valence-electron chi connectivity index (χ2n) is 7.51. The number of aromatic nitrogens is 1. The van der Waals surface area contributed by atoms with E-state index in [1.807, 2.05) is 24.3 Å². The average molecular weight is 394 g/mol. The maximum absolute atomic E-state index is 13.4. The van der Waals surface area contributed by atoms with Crippen molar-refractivity contribution in [1.29, 1.82) is 0 Å². The summed E-state index contributed by atoms with van der Waals surface area (Å²) in [6, 6.07) is 14.0. The smallest absolute Gasteiger partial charge is 0.305 e. The third-order valence-electron chi connectivity index (χ3n) is 5.64. The highest BCUT2D eigenvalue weighted by Crippen LogP contribution is 2.32. The van der Waals surface area contributed by atoms with Gasteiger partial charge >= 0.3 is 5.97 Å². The largest absolute Gasteiger partial charge is 0.481 e. The molecule has 1 atom stereocenters. The topological polar surface area (TPSA) is 73.4 Å². The predicted octanol–water partition coefficient (Wildman–Crippen LogP) is 4.37. The lowest BCUT2D eigenvalue weighted by atomic mass is 10.0. The zero-order valence-electron chi connectivity index (χ0n) is 16.0. The van der Waals surface area contributed by atoms with Crippen molar-refractivity contribution in [3.8, 4) is 11.3 Å². The molecular formula is C23H23FN2O3. The number of carboxylic acids is 1. The number of nitrogens with zero attached hydrogens (tertiary/aromatic N) is 1. The van der Waals surface area contributed by atoms with Gasteiger partial charge in [-0.25, -0.2) is 4.39 Å². The van der Waals surface area contributed by atoms with Gasteiger partial charge in [0.25, 0.3) is 0 Å². The molecule has 1 saturated heterocycles. The molecule has 1 aliphatic heterocycles. The van der Waals surface area contributed by atoms with Gasteiger partial charge in [-0.2, -0.15) is 0 Å². The number of nitrogens with one attached hydrogen (secondary N) is 1. The molecule has 6 heteroatoms. The summed E-state index contributed by atoms with van der Waals surface area (Å²) in [6.07, 6.45) is 2.43. The molecule has 0 radical (unpaired) electrons. The number of halogens is 1. The SMILES string of the molecule is O=C(O)CC1CCCN1C(=O)CCc1c(-c2ccc(F)cc2)[nH]c2ccccc12. The Hall–Kier alpha value is -3.15. The second kappa shape index (κ2) is 8.07. The zero-order chi connectivity index (χ0) is 20.4. The number of hydrogen-bond donors (Lipinski definition) is 2. The Balaban J connectivity index is 1.59. The molecule has 3 aromatic rings. The van der Waals surface area contributed by atoms with Crippen molar-refractivity contribution in [2.45, 2.75) is 38.1 Å². The van der Waals surface area contributed by atoms with Gasteiger partial charge in [0.15, 0.2) is 0 Å². The number of hydrogen-bond acceptors (Lipinski definition) is 2. The molecule has 150 valence electrons. The van der Waals surface area contributed by atoms with E-state index >= 15 is 0 Å². The molecule has 0 aliphatic carbocycles. The van der Waals surface area contributed by atoms with Crippen molar-refractivity contribution >= 4 is 22.8 Å². The maximum atomic E-state index is 13.4. The molecule has 1 aliphatic rings.